The van der Waals surface area contributed by atoms with Crippen LogP contribution in [-0.2, 0) is 4.79 Å². The van der Waals surface area contributed by atoms with E-state index < -0.39 is 0 Å². The van der Waals surface area contributed by atoms with Gasteiger partial charge in [0.1, 0.15) is 12.7 Å². The maximum Gasteiger partial charge on any atom is 0.230 e. The van der Waals surface area contributed by atoms with Gasteiger partial charge in [-0.25, -0.2) is 0 Å². The molecule has 10 heteroatoms. The Hall–Kier alpha value is -2.16. The Morgan fingerprint density at radius 2 is 2.11 bits per heavy atom. The number of carbonyl (C=O) groups is 1. The highest BCUT2D eigenvalue weighted by atomic mass is 35.5. The lowest BCUT2D eigenvalue weighted by Gasteiger charge is -2.26. The summed E-state index contributed by atoms with van der Waals surface area (Å²) in [6.07, 6.45) is 1.42. The quantitative estimate of drug-likeness (QED) is 0.634. The monoisotopic (exact) mass is 424 g/mol. The number of hydrogen-bond donors (Lipinski definition) is 1. The lowest BCUT2D eigenvalue weighted by Crippen LogP contribution is -2.41. The van der Waals surface area contributed by atoms with E-state index in [2.05, 4.69) is 15.5 Å². The molecule has 2 aromatic heterocycles. The minimum absolute atomic E-state index is 0.146. The normalized spacial score (nSPS) is 15.7. The van der Waals surface area contributed by atoms with Crippen molar-refractivity contribution in [1.29, 1.82) is 0 Å². The van der Waals surface area contributed by atoms with Crippen LogP contribution >= 0.6 is 35.0 Å². The summed E-state index contributed by atoms with van der Waals surface area (Å²) in [5, 5.41) is 12.3. The van der Waals surface area contributed by atoms with Crippen LogP contribution in [0.15, 0.2) is 41.7 Å². The third-order valence-electron chi connectivity index (χ3n) is 3.82. The second kappa shape index (κ2) is 7.84. The zero-order valence-corrected chi connectivity index (χ0v) is 16.2. The Labute approximate surface area is 169 Å². The van der Waals surface area contributed by atoms with Crippen LogP contribution in [0.2, 0.25) is 10.0 Å². The summed E-state index contributed by atoms with van der Waals surface area (Å²) in [5.41, 5.74) is 0.496. The number of fused-ring (bicyclic) bond motifs is 2. The zero-order valence-electron chi connectivity index (χ0n) is 13.9. The number of benzene rings is 1. The molecule has 4 rings (SSSR count). The molecule has 0 radical (unpaired) electrons. The van der Waals surface area contributed by atoms with Crippen molar-refractivity contribution < 1.29 is 14.3 Å². The summed E-state index contributed by atoms with van der Waals surface area (Å²) in [4.78, 5) is 12.2. The Kier molecular flexibility index (Phi) is 5.29. The molecule has 1 aliphatic rings. The first-order valence-electron chi connectivity index (χ1n) is 8.08. The molecule has 1 N–H and O–H groups in total. The smallest absolute Gasteiger partial charge is 0.230 e. The molecule has 1 atom stereocenters. The molecule has 1 amide bonds. The molecular formula is C17H14Cl2N4O3S. The zero-order chi connectivity index (χ0) is 18.8. The van der Waals surface area contributed by atoms with E-state index in [1.165, 1.54) is 11.8 Å². The molecule has 0 saturated heterocycles. The van der Waals surface area contributed by atoms with Gasteiger partial charge in [0.15, 0.2) is 22.3 Å². The molecule has 0 bridgehead atoms. The fourth-order valence-corrected chi connectivity index (χ4v) is 3.82. The first-order valence-corrected chi connectivity index (χ1v) is 9.82. The Morgan fingerprint density at radius 1 is 1.30 bits per heavy atom. The van der Waals surface area contributed by atoms with E-state index in [-0.39, 0.29) is 17.8 Å². The number of nitrogens with zero attached hydrogens (tertiary/aromatic N) is 3. The molecule has 0 fully saturated rings. The highest BCUT2D eigenvalue weighted by Crippen LogP contribution is 2.30. The van der Waals surface area contributed by atoms with Gasteiger partial charge in [0.05, 0.1) is 22.3 Å². The highest BCUT2D eigenvalue weighted by Gasteiger charge is 2.21. The summed E-state index contributed by atoms with van der Waals surface area (Å²) in [6, 6.07) is 9.05. The maximum atomic E-state index is 12.2. The average molecular weight is 425 g/mol. The van der Waals surface area contributed by atoms with E-state index in [4.69, 9.17) is 32.7 Å². The first kappa shape index (κ1) is 18.2. The number of carbonyl (C=O) groups excluding carboxylic acids is 1. The van der Waals surface area contributed by atoms with E-state index in [0.29, 0.717) is 45.5 Å². The van der Waals surface area contributed by atoms with Gasteiger partial charge in [-0.2, -0.15) is 0 Å². The molecule has 0 saturated carbocycles. The first-order chi connectivity index (χ1) is 13.1. The number of rotatable bonds is 5. The number of aromatic nitrogens is 3. The van der Waals surface area contributed by atoms with Gasteiger partial charge in [-0.15, -0.1) is 10.2 Å². The van der Waals surface area contributed by atoms with E-state index in [9.17, 15) is 4.79 Å². The van der Waals surface area contributed by atoms with Gasteiger partial charge in [0.2, 0.25) is 5.91 Å². The van der Waals surface area contributed by atoms with Crippen LogP contribution in [0.3, 0.4) is 0 Å². The van der Waals surface area contributed by atoms with Gasteiger partial charge in [-0.05, 0) is 18.2 Å². The molecule has 0 spiro atoms. The van der Waals surface area contributed by atoms with Crippen LogP contribution in [0, 0.1) is 0 Å². The van der Waals surface area contributed by atoms with Crippen LogP contribution in [0.4, 0.5) is 0 Å². The van der Waals surface area contributed by atoms with E-state index >= 15 is 0 Å². The van der Waals surface area contributed by atoms with Crippen molar-refractivity contribution in [3.05, 3.63) is 46.6 Å². The molecule has 140 valence electrons. The Bertz CT molecular complexity index is 997. The van der Waals surface area contributed by atoms with E-state index in [1.54, 1.807) is 16.7 Å². The van der Waals surface area contributed by atoms with Crippen LogP contribution in [0.25, 0.3) is 5.65 Å². The van der Waals surface area contributed by atoms with Gasteiger partial charge >= 0.3 is 0 Å². The number of para-hydroxylation sites is 2. The van der Waals surface area contributed by atoms with Crippen molar-refractivity contribution in [2.75, 3.05) is 18.9 Å². The van der Waals surface area contributed by atoms with Crippen LogP contribution in [0.1, 0.15) is 0 Å². The molecule has 0 aliphatic carbocycles. The maximum absolute atomic E-state index is 12.2. The predicted octanol–water partition coefficient (Wildman–Crippen LogP) is 3.08. The molecule has 3 heterocycles. The Morgan fingerprint density at radius 3 is 2.96 bits per heavy atom. The second-order valence-corrected chi connectivity index (χ2v) is 7.56. The summed E-state index contributed by atoms with van der Waals surface area (Å²) in [6.45, 7) is 0.738. The predicted molar refractivity (Wildman–Crippen MR) is 103 cm³/mol. The fourth-order valence-electron chi connectivity index (χ4n) is 2.57. The highest BCUT2D eigenvalue weighted by molar-refractivity contribution is 7.99. The van der Waals surface area contributed by atoms with Gasteiger partial charge < -0.3 is 14.8 Å². The summed E-state index contributed by atoms with van der Waals surface area (Å²) in [5.74, 6) is 1.43. The third kappa shape index (κ3) is 4.07. The second-order valence-electron chi connectivity index (χ2n) is 5.77. The van der Waals surface area contributed by atoms with Gasteiger partial charge in [0, 0.05) is 6.20 Å². The molecule has 1 aromatic carbocycles. The van der Waals surface area contributed by atoms with Crippen molar-refractivity contribution in [2.24, 2.45) is 0 Å². The third-order valence-corrected chi connectivity index (χ3v) is 5.25. The van der Waals surface area contributed by atoms with Crippen molar-refractivity contribution in [1.82, 2.24) is 19.9 Å². The van der Waals surface area contributed by atoms with Crippen LogP contribution in [-0.4, -0.2) is 45.5 Å². The number of amides is 1. The Balaban J connectivity index is 1.31. The van der Waals surface area contributed by atoms with Gasteiger partial charge in [-0.1, -0.05) is 47.1 Å². The van der Waals surface area contributed by atoms with E-state index in [0.717, 1.165) is 0 Å². The molecule has 27 heavy (non-hydrogen) atoms. The van der Waals surface area contributed by atoms with Crippen molar-refractivity contribution in [2.45, 2.75) is 11.3 Å². The van der Waals surface area contributed by atoms with Crippen molar-refractivity contribution in [3.63, 3.8) is 0 Å². The van der Waals surface area contributed by atoms with Crippen molar-refractivity contribution >= 4 is 46.5 Å². The largest absolute Gasteiger partial charge is 0.486 e. The fraction of sp³-hybridized carbons (Fsp3) is 0.235. The summed E-state index contributed by atoms with van der Waals surface area (Å²) in [7, 11) is 0. The average Bonchev–Trinajstić information content (AvgIpc) is 3.07. The number of thioether (sulfide) groups is 1. The van der Waals surface area contributed by atoms with Crippen LogP contribution in [0.5, 0.6) is 11.5 Å². The number of hydrogen-bond acceptors (Lipinski definition) is 6. The molecular weight excluding hydrogens is 411 g/mol. The number of ether oxygens (including phenoxy) is 2. The minimum Gasteiger partial charge on any atom is -0.486 e. The number of pyridine rings is 1. The van der Waals surface area contributed by atoms with Gasteiger partial charge in [0.25, 0.3) is 0 Å². The summed E-state index contributed by atoms with van der Waals surface area (Å²) >= 11 is 13.3. The summed E-state index contributed by atoms with van der Waals surface area (Å²) < 4.78 is 13.1. The SMILES string of the molecule is O=C(CSc1nnc2c(Cl)cc(Cl)cn12)NC[C@@H]1COc2ccccc2O1. The standard InChI is InChI=1S/C17H14Cl2N4O3S/c18-10-5-12(19)16-21-22-17(23(16)7-10)27-9-15(24)20-6-11-8-25-13-3-1-2-4-14(13)26-11/h1-5,7,11H,6,8-9H2,(H,20,24)/t11-/m1/s1. The number of nitrogens with one attached hydrogen (secondary N) is 1. The molecule has 7 nitrogen and oxygen atoms in total. The number of halogens is 2. The molecule has 0 unspecified atom stereocenters. The molecule has 1 aliphatic heterocycles. The minimum atomic E-state index is -0.236. The lowest BCUT2D eigenvalue weighted by molar-refractivity contribution is -0.119. The lowest BCUT2D eigenvalue weighted by atomic mass is 10.2. The van der Waals surface area contributed by atoms with Crippen molar-refractivity contribution in [3.8, 4) is 11.5 Å². The topological polar surface area (TPSA) is 77.8 Å². The van der Waals surface area contributed by atoms with Gasteiger partial charge in [-0.3, -0.25) is 9.20 Å². The van der Waals surface area contributed by atoms with Crippen LogP contribution < -0.4 is 14.8 Å². The molecule has 3 aromatic rings. The van der Waals surface area contributed by atoms with E-state index in [1.807, 2.05) is 24.3 Å².